The number of amides is 1. The van der Waals surface area contributed by atoms with Crippen molar-refractivity contribution in [1.82, 2.24) is 4.57 Å². The van der Waals surface area contributed by atoms with Crippen LogP contribution in [-0.4, -0.2) is 22.9 Å². The molecule has 0 spiro atoms. The number of carbonyl (C=O) groups excluding carboxylic acids is 2. The van der Waals surface area contributed by atoms with E-state index in [0.29, 0.717) is 27.2 Å². The second kappa shape index (κ2) is 12.2. The first kappa shape index (κ1) is 29.0. The summed E-state index contributed by atoms with van der Waals surface area (Å²) in [4.78, 5) is 40.1. The van der Waals surface area contributed by atoms with Crippen molar-refractivity contribution in [1.29, 1.82) is 0 Å². The Morgan fingerprint density at radius 1 is 0.929 bits per heavy atom. The van der Waals surface area contributed by atoms with Crippen LogP contribution in [0.1, 0.15) is 39.7 Å². The van der Waals surface area contributed by atoms with Gasteiger partial charge in [0.25, 0.3) is 5.56 Å². The zero-order valence-corrected chi connectivity index (χ0v) is 25.1. The second-order valence-electron chi connectivity index (χ2n) is 11.3. The zero-order chi connectivity index (χ0) is 29.9. The molecule has 5 aromatic rings. The number of nitrogens with zero attached hydrogens (tertiary/aromatic N) is 1. The average Bonchev–Trinajstić information content (AvgIpc) is 3.24. The van der Waals surface area contributed by atoms with Crippen LogP contribution in [0.4, 0.5) is 5.69 Å². The molecule has 5 rings (SSSR count). The first-order chi connectivity index (χ1) is 20.1. The molecule has 0 bridgehead atoms. The van der Waals surface area contributed by atoms with Gasteiger partial charge in [0.15, 0.2) is 5.78 Å². The van der Waals surface area contributed by atoms with Gasteiger partial charge in [0.05, 0.1) is 11.1 Å². The monoisotopic (exact) mass is 578 g/mol. The predicted octanol–water partition coefficient (Wildman–Crippen LogP) is 5.87. The van der Waals surface area contributed by atoms with Crippen LogP contribution in [0.5, 0.6) is 5.75 Å². The van der Waals surface area contributed by atoms with E-state index in [1.165, 1.54) is 22.0 Å². The van der Waals surface area contributed by atoms with E-state index < -0.39 is 5.41 Å². The van der Waals surface area contributed by atoms with Gasteiger partial charge in [-0.15, -0.1) is 11.3 Å². The third kappa shape index (κ3) is 6.37. The van der Waals surface area contributed by atoms with Crippen molar-refractivity contribution in [3.8, 4) is 5.75 Å². The maximum absolute atomic E-state index is 13.8. The number of thiazole rings is 1. The molecule has 6 nitrogen and oxygen atoms in total. The molecule has 1 aromatic heterocycles. The van der Waals surface area contributed by atoms with Gasteiger partial charge in [-0.05, 0) is 52.2 Å². The summed E-state index contributed by atoms with van der Waals surface area (Å²) < 4.78 is 8.28. The van der Waals surface area contributed by atoms with Crippen molar-refractivity contribution in [2.75, 3.05) is 11.9 Å². The molecule has 0 unspecified atom stereocenters. The maximum Gasteiger partial charge on any atom is 0.269 e. The van der Waals surface area contributed by atoms with Crippen molar-refractivity contribution in [3.05, 3.63) is 104 Å². The molecule has 4 aromatic carbocycles. The predicted molar refractivity (Wildman–Crippen MR) is 173 cm³/mol. The summed E-state index contributed by atoms with van der Waals surface area (Å²) >= 11 is 1.20. The van der Waals surface area contributed by atoms with Crippen LogP contribution in [0.3, 0.4) is 0 Å². The quantitative estimate of drug-likeness (QED) is 0.250. The summed E-state index contributed by atoms with van der Waals surface area (Å²) in [5.41, 5.74) is 0.453. The molecule has 0 atom stereocenters. The van der Waals surface area contributed by atoms with E-state index in [9.17, 15) is 14.4 Å². The van der Waals surface area contributed by atoms with E-state index in [-0.39, 0.29) is 23.8 Å². The van der Waals surface area contributed by atoms with Crippen LogP contribution < -0.4 is 24.8 Å². The molecule has 0 saturated heterocycles. The summed E-state index contributed by atoms with van der Waals surface area (Å²) in [6.07, 6.45) is 4.14. The first-order valence-electron chi connectivity index (χ1n) is 14.0. The van der Waals surface area contributed by atoms with Gasteiger partial charge in [0, 0.05) is 22.7 Å². The lowest BCUT2D eigenvalue weighted by Gasteiger charge is -2.13. The highest BCUT2D eigenvalue weighted by Gasteiger charge is 2.20. The molecule has 0 aliphatic heterocycles. The van der Waals surface area contributed by atoms with Crippen molar-refractivity contribution in [2.24, 2.45) is 5.41 Å². The van der Waals surface area contributed by atoms with Crippen LogP contribution in [0.25, 0.3) is 33.7 Å². The molecule has 42 heavy (non-hydrogen) atoms. The number of hydrogen-bond donors (Lipinski definition) is 1. The molecule has 1 amide bonds. The summed E-state index contributed by atoms with van der Waals surface area (Å²) in [7, 11) is 0. The molecule has 7 heteroatoms. The number of fused-ring (bicyclic) bond motifs is 2. The number of ether oxygens (including phenoxy) is 1. The van der Waals surface area contributed by atoms with Gasteiger partial charge in [-0.25, -0.2) is 0 Å². The number of benzene rings is 4. The molecule has 0 radical (unpaired) electrons. The molecule has 1 N–H and O–H groups in total. The van der Waals surface area contributed by atoms with Crippen molar-refractivity contribution in [2.45, 2.75) is 40.7 Å². The Balaban J connectivity index is 1.60. The number of anilines is 1. The summed E-state index contributed by atoms with van der Waals surface area (Å²) in [5.74, 6) is 0.197. The van der Waals surface area contributed by atoms with Gasteiger partial charge in [-0.2, -0.15) is 0 Å². The van der Waals surface area contributed by atoms with E-state index >= 15 is 0 Å². The number of ketones is 1. The number of carbonyl (C=O) groups is 2. The molecule has 1 heterocycles. The lowest BCUT2D eigenvalue weighted by Crippen LogP contribution is -2.36. The molecule has 0 aliphatic carbocycles. The van der Waals surface area contributed by atoms with Crippen LogP contribution in [0.2, 0.25) is 0 Å². The minimum atomic E-state index is -0.640. The van der Waals surface area contributed by atoms with E-state index in [1.807, 2.05) is 113 Å². The minimum Gasteiger partial charge on any atom is -0.493 e. The summed E-state index contributed by atoms with van der Waals surface area (Å²) in [6.45, 7) is 7.84. The Bertz CT molecular complexity index is 1980. The van der Waals surface area contributed by atoms with Crippen LogP contribution in [-0.2, 0) is 16.1 Å². The number of nitrogens with one attached hydrogen (secondary N) is 1. The van der Waals surface area contributed by atoms with E-state index in [1.54, 1.807) is 0 Å². The molecule has 214 valence electrons. The van der Waals surface area contributed by atoms with E-state index in [4.69, 9.17) is 4.74 Å². The molecule has 0 saturated carbocycles. The third-order valence-corrected chi connectivity index (χ3v) is 7.99. The molecule has 0 fully saturated rings. The Morgan fingerprint density at radius 2 is 1.62 bits per heavy atom. The van der Waals surface area contributed by atoms with Crippen LogP contribution >= 0.6 is 11.3 Å². The third-order valence-electron chi connectivity index (χ3n) is 6.93. The lowest BCUT2D eigenvalue weighted by molar-refractivity contribution is -0.120. The molecule has 0 aliphatic rings. The van der Waals surface area contributed by atoms with Crippen LogP contribution in [0, 0.1) is 5.41 Å². The fourth-order valence-corrected chi connectivity index (χ4v) is 5.65. The Kier molecular flexibility index (Phi) is 8.41. The number of aromatic nitrogens is 1. The largest absolute Gasteiger partial charge is 0.493 e. The van der Waals surface area contributed by atoms with E-state index in [2.05, 4.69) is 5.32 Å². The van der Waals surface area contributed by atoms with Gasteiger partial charge in [-0.1, -0.05) is 88.4 Å². The second-order valence-corrected chi connectivity index (χ2v) is 12.3. The topological polar surface area (TPSA) is 77.4 Å². The highest BCUT2D eigenvalue weighted by Crippen LogP contribution is 2.29. The number of hydrogen-bond acceptors (Lipinski definition) is 5. The van der Waals surface area contributed by atoms with E-state index in [0.717, 1.165) is 33.5 Å². The maximum atomic E-state index is 13.8. The van der Waals surface area contributed by atoms with Crippen LogP contribution in [0.15, 0.2) is 83.7 Å². The fourth-order valence-electron chi connectivity index (χ4n) is 4.63. The van der Waals surface area contributed by atoms with Crippen molar-refractivity contribution < 1.29 is 14.3 Å². The average molecular weight is 579 g/mol. The highest BCUT2D eigenvalue weighted by atomic mass is 32.1. The standard InChI is InChI=1S/C35H34N2O4S/c1-5-18-41-29-17-15-24-11-8-9-13-27(24)28(29)20-30-34(40)37(33(42-30)21-31(38)35(2,3)4)22-32(39)36-26-16-14-23-10-6-7-12-25(23)19-26/h6-17,19-21H,5,18,22H2,1-4H3,(H,36,39)/b30-20+,33-21-. The normalized spacial score (nSPS) is 12.7. The smallest absolute Gasteiger partial charge is 0.269 e. The first-order valence-corrected chi connectivity index (χ1v) is 14.9. The van der Waals surface area contributed by atoms with Crippen molar-refractivity contribution in [3.63, 3.8) is 0 Å². The summed E-state index contributed by atoms with van der Waals surface area (Å²) in [5, 5.41) is 6.96. The van der Waals surface area contributed by atoms with Crippen molar-refractivity contribution >= 4 is 62.4 Å². The summed E-state index contributed by atoms with van der Waals surface area (Å²) in [6, 6.07) is 25.4. The Labute approximate surface area is 248 Å². The highest BCUT2D eigenvalue weighted by molar-refractivity contribution is 7.07. The Morgan fingerprint density at radius 3 is 2.36 bits per heavy atom. The fraction of sp³-hybridized carbons (Fsp3) is 0.229. The molecular formula is C35H34N2O4S. The number of Topliss-reactive ketones (excluding diaryl/α,β-unsaturated/α-hetero) is 1. The minimum absolute atomic E-state index is 0.129. The van der Waals surface area contributed by atoms with Gasteiger partial charge in [0.2, 0.25) is 5.91 Å². The van der Waals surface area contributed by atoms with Gasteiger partial charge in [0.1, 0.15) is 17.0 Å². The Hall–Kier alpha value is -4.49. The lowest BCUT2D eigenvalue weighted by atomic mass is 9.91. The number of rotatable bonds is 8. The van der Waals surface area contributed by atoms with Gasteiger partial charge >= 0.3 is 0 Å². The zero-order valence-electron chi connectivity index (χ0n) is 24.3. The van der Waals surface area contributed by atoms with Gasteiger partial charge < -0.3 is 10.1 Å². The molecular weight excluding hydrogens is 544 g/mol. The van der Waals surface area contributed by atoms with Gasteiger partial charge in [-0.3, -0.25) is 19.0 Å². The SMILES string of the molecule is CCCOc1ccc2ccccc2c1/C=c1/s/c(=C\C(=O)C(C)(C)C)n(CC(=O)Nc2ccc3ccccc3c2)c1=O.